The summed E-state index contributed by atoms with van der Waals surface area (Å²) in [6.45, 7) is 3.32. The Morgan fingerprint density at radius 1 is 1.12 bits per heavy atom. The van der Waals surface area contributed by atoms with Crippen molar-refractivity contribution in [1.82, 2.24) is 14.5 Å². The molecule has 1 aromatic carbocycles. The molecule has 0 atom stereocenters. The van der Waals surface area contributed by atoms with Crippen LogP contribution in [0.5, 0.6) is 0 Å². The summed E-state index contributed by atoms with van der Waals surface area (Å²) in [6.07, 6.45) is 0. The molecule has 24 heavy (non-hydrogen) atoms. The molecule has 2 aromatic rings. The van der Waals surface area contributed by atoms with Crippen LogP contribution in [0.2, 0.25) is 0 Å². The van der Waals surface area contributed by atoms with Crippen LogP contribution in [0, 0.1) is 0 Å². The van der Waals surface area contributed by atoms with Gasteiger partial charge in [0.2, 0.25) is 15.4 Å². The van der Waals surface area contributed by atoms with Gasteiger partial charge in [-0.2, -0.15) is 4.31 Å². The van der Waals surface area contributed by atoms with E-state index < -0.39 is 10.0 Å². The van der Waals surface area contributed by atoms with E-state index in [0.29, 0.717) is 26.2 Å². The van der Waals surface area contributed by atoms with E-state index in [9.17, 15) is 13.2 Å². The number of carbonyl (C=O) groups is 1. The first kappa shape index (κ1) is 16.8. The normalized spacial score (nSPS) is 16.1. The number of aromatic nitrogens is 2. The lowest BCUT2D eigenvalue weighted by Crippen LogP contribution is -2.48. The summed E-state index contributed by atoms with van der Waals surface area (Å²) >= 11 is 0.862. The van der Waals surface area contributed by atoms with Gasteiger partial charge < -0.3 is 10.2 Å². The van der Waals surface area contributed by atoms with Gasteiger partial charge in [-0.1, -0.05) is 29.5 Å². The van der Waals surface area contributed by atoms with E-state index >= 15 is 0 Å². The van der Waals surface area contributed by atoms with Crippen LogP contribution in [-0.4, -0.2) is 55.0 Å². The Kier molecular flexibility index (Phi) is 4.78. The van der Waals surface area contributed by atoms with Gasteiger partial charge in [-0.05, 0) is 12.1 Å². The van der Waals surface area contributed by atoms with Crippen molar-refractivity contribution in [1.29, 1.82) is 0 Å². The van der Waals surface area contributed by atoms with Crippen molar-refractivity contribution in [2.45, 2.75) is 11.3 Å². The predicted octanol–water partition coefficient (Wildman–Crippen LogP) is 1.01. The van der Waals surface area contributed by atoms with Crippen LogP contribution >= 0.6 is 11.3 Å². The van der Waals surface area contributed by atoms with Crippen LogP contribution < -0.4 is 10.2 Å². The summed E-state index contributed by atoms with van der Waals surface area (Å²) in [4.78, 5) is 13.2. The Morgan fingerprint density at radius 3 is 2.42 bits per heavy atom. The van der Waals surface area contributed by atoms with Crippen LogP contribution in [0.4, 0.5) is 10.8 Å². The minimum Gasteiger partial charge on any atom is -0.369 e. The molecule has 0 radical (unpaired) electrons. The van der Waals surface area contributed by atoms with E-state index in [1.54, 1.807) is 0 Å². The van der Waals surface area contributed by atoms with Crippen molar-refractivity contribution >= 4 is 38.1 Å². The van der Waals surface area contributed by atoms with Crippen molar-refractivity contribution in [3.05, 3.63) is 30.3 Å². The molecule has 10 heteroatoms. The number of benzene rings is 1. The fraction of sp³-hybridized carbons (Fsp3) is 0.357. The third-order valence-corrected chi connectivity index (χ3v) is 6.69. The molecule has 0 spiro atoms. The number of rotatable bonds is 4. The van der Waals surface area contributed by atoms with Crippen molar-refractivity contribution in [2.24, 2.45) is 0 Å². The molecule has 1 saturated heterocycles. The molecule has 1 fully saturated rings. The van der Waals surface area contributed by atoms with Crippen LogP contribution in [0.1, 0.15) is 6.92 Å². The Morgan fingerprint density at radius 2 is 1.79 bits per heavy atom. The zero-order valence-electron chi connectivity index (χ0n) is 13.0. The first-order valence-corrected chi connectivity index (χ1v) is 9.64. The van der Waals surface area contributed by atoms with E-state index in [4.69, 9.17) is 0 Å². The number of nitrogens with zero attached hydrogens (tertiary/aromatic N) is 4. The second-order valence-electron chi connectivity index (χ2n) is 5.28. The van der Waals surface area contributed by atoms with Crippen molar-refractivity contribution in [3.63, 3.8) is 0 Å². The lowest BCUT2D eigenvalue weighted by atomic mass is 10.2. The van der Waals surface area contributed by atoms with Gasteiger partial charge in [0, 0.05) is 38.8 Å². The van der Waals surface area contributed by atoms with Gasteiger partial charge in [-0.25, -0.2) is 8.42 Å². The molecule has 1 aliphatic rings. The molecular formula is C14H17N5O3S2. The molecular weight excluding hydrogens is 350 g/mol. The van der Waals surface area contributed by atoms with Gasteiger partial charge in [0.1, 0.15) is 0 Å². The summed E-state index contributed by atoms with van der Waals surface area (Å²) in [5.41, 5.74) is 1.08. The van der Waals surface area contributed by atoms with Gasteiger partial charge in [-0.3, -0.25) is 4.79 Å². The topological polar surface area (TPSA) is 95.5 Å². The highest BCUT2D eigenvalue weighted by molar-refractivity contribution is 7.91. The molecule has 1 aromatic heterocycles. The van der Waals surface area contributed by atoms with Crippen LogP contribution in [0.25, 0.3) is 0 Å². The average Bonchev–Trinajstić information content (AvgIpc) is 3.04. The minimum absolute atomic E-state index is 0.0978. The molecule has 0 bridgehead atoms. The molecule has 0 aliphatic carbocycles. The first-order chi connectivity index (χ1) is 11.5. The molecule has 3 rings (SSSR count). The number of hydrogen-bond donors (Lipinski definition) is 1. The van der Waals surface area contributed by atoms with Gasteiger partial charge in [0.05, 0.1) is 0 Å². The summed E-state index contributed by atoms with van der Waals surface area (Å²) < 4.78 is 26.6. The molecule has 1 N–H and O–H groups in total. The molecule has 0 unspecified atom stereocenters. The molecule has 128 valence electrons. The SMILES string of the molecule is CC(=O)Nc1nnc(S(=O)(=O)N2CCN(c3ccccc3)CC2)s1. The summed E-state index contributed by atoms with van der Waals surface area (Å²) in [5, 5.41) is 10.0. The maximum absolute atomic E-state index is 12.6. The Balaban J connectivity index is 1.68. The molecule has 1 aliphatic heterocycles. The maximum atomic E-state index is 12.6. The highest BCUT2D eigenvalue weighted by Gasteiger charge is 2.31. The number of anilines is 2. The maximum Gasteiger partial charge on any atom is 0.272 e. The van der Waals surface area contributed by atoms with E-state index in [-0.39, 0.29) is 15.4 Å². The van der Waals surface area contributed by atoms with Crippen molar-refractivity contribution in [3.8, 4) is 0 Å². The van der Waals surface area contributed by atoms with E-state index in [1.807, 2.05) is 30.3 Å². The number of amides is 1. The zero-order chi connectivity index (χ0) is 17.2. The molecule has 0 saturated carbocycles. The number of nitrogens with one attached hydrogen (secondary N) is 1. The van der Waals surface area contributed by atoms with Gasteiger partial charge in [-0.15, -0.1) is 10.2 Å². The first-order valence-electron chi connectivity index (χ1n) is 7.38. The number of sulfonamides is 1. The summed E-state index contributed by atoms with van der Waals surface area (Å²) in [5.74, 6) is -0.313. The Bertz CT molecular complexity index is 814. The minimum atomic E-state index is -3.68. The molecule has 2 heterocycles. The number of piperazine rings is 1. The van der Waals surface area contributed by atoms with E-state index in [1.165, 1.54) is 11.2 Å². The van der Waals surface area contributed by atoms with E-state index in [2.05, 4.69) is 20.4 Å². The summed E-state index contributed by atoms with van der Waals surface area (Å²) in [7, 11) is -3.68. The van der Waals surface area contributed by atoms with Crippen LogP contribution in [0.3, 0.4) is 0 Å². The monoisotopic (exact) mass is 367 g/mol. The highest BCUT2D eigenvalue weighted by Crippen LogP contribution is 2.25. The largest absolute Gasteiger partial charge is 0.369 e. The van der Waals surface area contributed by atoms with Crippen molar-refractivity contribution in [2.75, 3.05) is 36.4 Å². The fourth-order valence-corrected chi connectivity index (χ4v) is 4.96. The van der Waals surface area contributed by atoms with Crippen molar-refractivity contribution < 1.29 is 13.2 Å². The third-order valence-electron chi connectivity index (χ3n) is 3.61. The van der Waals surface area contributed by atoms with Gasteiger partial charge in [0.25, 0.3) is 10.0 Å². The van der Waals surface area contributed by atoms with Crippen LogP contribution in [0.15, 0.2) is 34.7 Å². The number of carbonyl (C=O) groups excluding carboxylic acids is 1. The third kappa shape index (κ3) is 3.55. The predicted molar refractivity (Wildman–Crippen MR) is 91.6 cm³/mol. The number of para-hydroxylation sites is 1. The second kappa shape index (κ2) is 6.83. The quantitative estimate of drug-likeness (QED) is 0.810. The standard InChI is InChI=1S/C14H17N5O3S2/c1-11(20)15-13-16-17-14(23-13)24(21,22)19-9-7-18(8-10-19)12-5-3-2-4-6-12/h2-6H,7-10H2,1H3,(H,15,16,20). The lowest BCUT2D eigenvalue weighted by Gasteiger charge is -2.34. The van der Waals surface area contributed by atoms with Gasteiger partial charge >= 0.3 is 0 Å². The van der Waals surface area contributed by atoms with Crippen LogP contribution in [-0.2, 0) is 14.8 Å². The zero-order valence-corrected chi connectivity index (χ0v) is 14.7. The summed E-state index contributed by atoms with van der Waals surface area (Å²) in [6, 6.07) is 9.89. The highest BCUT2D eigenvalue weighted by atomic mass is 32.2. The van der Waals surface area contributed by atoms with Gasteiger partial charge in [0.15, 0.2) is 0 Å². The smallest absolute Gasteiger partial charge is 0.272 e. The second-order valence-corrected chi connectivity index (χ2v) is 8.37. The lowest BCUT2D eigenvalue weighted by molar-refractivity contribution is -0.114. The molecule has 1 amide bonds. The average molecular weight is 367 g/mol. The molecule has 8 nitrogen and oxygen atoms in total. The number of hydrogen-bond acceptors (Lipinski definition) is 7. The Labute approximate surface area is 144 Å². The van der Waals surface area contributed by atoms with E-state index in [0.717, 1.165) is 17.0 Å². The fourth-order valence-electron chi connectivity index (χ4n) is 2.45. The Hall–Kier alpha value is -2.04.